The second kappa shape index (κ2) is 7.68. The topological polar surface area (TPSA) is 103 Å². The number of hydrogen-bond acceptors (Lipinski definition) is 6. The molecule has 162 valence electrons. The van der Waals surface area contributed by atoms with Gasteiger partial charge in [-0.1, -0.05) is 18.6 Å². The van der Waals surface area contributed by atoms with Crippen molar-refractivity contribution in [3.8, 4) is 17.2 Å². The molecule has 2 aromatic rings. The van der Waals surface area contributed by atoms with E-state index >= 15 is 0 Å². The van der Waals surface area contributed by atoms with Gasteiger partial charge in [0.2, 0.25) is 5.91 Å². The molecule has 1 saturated carbocycles. The Labute approximate surface area is 180 Å². The van der Waals surface area contributed by atoms with E-state index in [9.17, 15) is 9.59 Å². The number of anilines is 2. The molecule has 3 N–H and O–H groups in total. The summed E-state index contributed by atoms with van der Waals surface area (Å²) in [4.78, 5) is 26.2. The van der Waals surface area contributed by atoms with Gasteiger partial charge in [0.05, 0.1) is 18.8 Å². The number of amides is 2. The van der Waals surface area contributed by atoms with Crippen LogP contribution in [0.25, 0.3) is 0 Å². The molecule has 31 heavy (non-hydrogen) atoms. The highest BCUT2D eigenvalue weighted by Crippen LogP contribution is 2.46. The number of nitrogens with two attached hydrogens (primary N) is 1. The lowest BCUT2D eigenvalue weighted by molar-refractivity contribution is -0.125. The van der Waals surface area contributed by atoms with Gasteiger partial charge in [0, 0.05) is 24.6 Å². The predicted molar refractivity (Wildman–Crippen MR) is 114 cm³/mol. The standard InChI is InChI=1S/C23H25N3O5/c24-22(28)20-13-26(16-6-2-3-7-17(16)29-20)14-21(27)25-15-8-9-18-19(12-15)31-23(30-18)10-4-1-5-11-23/h2-3,6-9,12,20H,1,4-5,10-11,13-14H2,(H2,24,28)(H,25,27)/t20-/m0/s1. The summed E-state index contributed by atoms with van der Waals surface area (Å²) in [6.07, 6.45) is 4.32. The Morgan fingerprint density at radius 3 is 2.61 bits per heavy atom. The molecule has 8 nitrogen and oxygen atoms in total. The van der Waals surface area contributed by atoms with Crippen LogP contribution in [0.1, 0.15) is 32.1 Å². The third kappa shape index (κ3) is 3.85. The van der Waals surface area contributed by atoms with Crippen molar-refractivity contribution < 1.29 is 23.8 Å². The van der Waals surface area contributed by atoms with Crippen molar-refractivity contribution in [1.82, 2.24) is 0 Å². The first-order valence-corrected chi connectivity index (χ1v) is 10.6. The number of nitrogens with one attached hydrogen (secondary N) is 1. The van der Waals surface area contributed by atoms with Crippen LogP contribution in [0.4, 0.5) is 11.4 Å². The van der Waals surface area contributed by atoms with Gasteiger partial charge in [0.15, 0.2) is 17.6 Å². The summed E-state index contributed by atoms with van der Waals surface area (Å²) in [5.74, 6) is 0.575. The van der Waals surface area contributed by atoms with Crippen LogP contribution in [0.3, 0.4) is 0 Å². The van der Waals surface area contributed by atoms with E-state index in [0.29, 0.717) is 22.9 Å². The number of hydrogen-bond donors (Lipinski definition) is 2. The number of benzene rings is 2. The van der Waals surface area contributed by atoms with Gasteiger partial charge in [-0.05, 0) is 37.1 Å². The number of rotatable bonds is 4. The number of carbonyl (C=O) groups is 2. The first kappa shape index (κ1) is 19.5. The molecule has 1 atom stereocenters. The van der Waals surface area contributed by atoms with Gasteiger partial charge in [0.1, 0.15) is 5.75 Å². The van der Waals surface area contributed by atoms with E-state index in [1.165, 1.54) is 6.42 Å². The van der Waals surface area contributed by atoms with E-state index < -0.39 is 17.8 Å². The van der Waals surface area contributed by atoms with Crippen LogP contribution >= 0.6 is 0 Å². The summed E-state index contributed by atoms with van der Waals surface area (Å²) in [5.41, 5.74) is 6.82. The van der Waals surface area contributed by atoms with Crippen molar-refractivity contribution in [2.24, 2.45) is 5.73 Å². The quantitative estimate of drug-likeness (QED) is 0.784. The molecule has 0 bridgehead atoms. The third-order valence-electron chi connectivity index (χ3n) is 5.95. The Bertz CT molecular complexity index is 1020. The molecule has 3 aliphatic rings. The maximum atomic E-state index is 12.8. The minimum atomic E-state index is -0.806. The highest BCUT2D eigenvalue weighted by molar-refractivity contribution is 5.95. The Morgan fingerprint density at radius 1 is 1.03 bits per heavy atom. The van der Waals surface area contributed by atoms with Gasteiger partial charge in [-0.2, -0.15) is 0 Å². The first-order chi connectivity index (χ1) is 15.0. The molecule has 1 fully saturated rings. The smallest absolute Gasteiger partial charge is 0.260 e. The summed E-state index contributed by atoms with van der Waals surface area (Å²) < 4.78 is 17.9. The van der Waals surface area contributed by atoms with Crippen molar-refractivity contribution in [1.29, 1.82) is 0 Å². The molecule has 8 heteroatoms. The summed E-state index contributed by atoms with van der Waals surface area (Å²) >= 11 is 0. The number of carbonyl (C=O) groups excluding carboxylic acids is 2. The molecular formula is C23H25N3O5. The minimum Gasteiger partial charge on any atom is -0.477 e. The molecule has 5 rings (SSSR count). The molecule has 1 aliphatic carbocycles. The minimum absolute atomic E-state index is 0.0581. The van der Waals surface area contributed by atoms with Crippen molar-refractivity contribution >= 4 is 23.2 Å². The second-order valence-electron chi connectivity index (χ2n) is 8.24. The average Bonchev–Trinajstić information content (AvgIpc) is 3.10. The van der Waals surface area contributed by atoms with Gasteiger partial charge in [-0.25, -0.2) is 0 Å². The van der Waals surface area contributed by atoms with Gasteiger partial charge in [0.25, 0.3) is 11.7 Å². The average molecular weight is 423 g/mol. The van der Waals surface area contributed by atoms with Crippen LogP contribution in [0.15, 0.2) is 42.5 Å². The molecule has 2 heterocycles. The fourth-order valence-corrected chi connectivity index (χ4v) is 4.44. The molecule has 2 amide bonds. The number of primary amides is 1. The van der Waals surface area contributed by atoms with Crippen molar-refractivity contribution in [2.45, 2.75) is 44.0 Å². The van der Waals surface area contributed by atoms with Crippen LogP contribution in [-0.2, 0) is 9.59 Å². The summed E-state index contributed by atoms with van der Waals surface area (Å²) in [7, 11) is 0. The second-order valence-corrected chi connectivity index (χ2v) is 8.24. The Morgan fingerprint density at radius 2 is 1.81 bits per heavy atom. The highest BCUT2D eigenvalue weighted by Gasteiger charge is 2.42. The molecular weight excluding hydrogens is 398 g/mol. The number of nitrogens with zero attached hydrogens (tertiary/aromatic N) is 1. The monoisotopic (exact) mass is 423 g/mol. The SMILES string of the molecule is NC(=O)[C@@H]1CN(CC(=O)Nc2ccc3c(c2)OC2(CCCCC2)O3)c2ccccc2O1. The number of fused-ring (bicyclic) bond motifs is 2. The van der Waals surface area contributed by atoms with E-state index in [0.717, 1.165) is 31.4 Å². The summed E-state index contributed by atoms with van der Waals surface area (Å²) in [6, 6.07) is 12.7. The zero-order valence-corrected chi connectivity index (χ0v) is 17.1. The van der Waals surface area contributed by atoms with E-state index in [-0.39, 0.29) is 19.0 Å². The molecule has 0 aromatic heterocycles. The van der Waals surface area contributed by atoms with Gasteiger partial charge >= 0.3 is 0 Å². The van der Waals surface area contributed by atoms with Crippen molar-refractivity contribution in [3.63, 3.8) is 0 Å². The molecule has 0 saturated heterocycles. The van der Waals surface area contributed by atoms with E-state index in [1.807, 2.05) is 24.3 Å². The molecule has 1 spiro atoms. The van der Waals surface area contributed by atoms with Crippen LogP contribution in [0.5, 0.6) is 17.2 Å². The summed E-state index contributed by atoms with van der Waals surface area (Å²) in [6.45, 7) is 0.270. The van der Waals surface area contributed by atoms with Gasteiger partial charge in [-0.3, -0.25) is 9.59 Å². The van der Waals surface area contributed by atoms with Gasteiger partial charge in [-0.15, -0.1) is 0 Å². The lowest BCUT2D eigenvalue weighted by Gasteiger charge is -2.34. The fourth-order valence-electron chi connectivity index (χ4n) is 4.44. The Balaban J connectivity index is 1.27. The van der Waals surface area contributed by atoms with Crippen LogP contribution in [0.2, 0.25) is 0 Å². The number of para-hydroxylation sites is 2. The van der Waals surface area contributed by atoms with Crippen LogP contribution < -0.4 is 30.2 Å². The van der Waals surface area contributed by atoms with Crippen LogP contribution in [-0.4, -0.2) is 36.8 Å². The van der Waals surface area contributed by atoms with E-state index in [1.54, 1.807) is 23.1 Å². The molecule has 2 aromatic carbocycles. The zero-order chi connectivity index (χ0) is 21.4. The highest BCUT2D eigenvalue weighted by atomic mass is 16.7. The van der Waals surface area contributed by atoms with E-state index in [2.05, 4.69) is 5.32 Å². The van der Waals surface area contributed by atoms with Crippen molar-refractivity contribution in [3.05, 3.63) is 42.5 Å². The Kier molecular flexibility index (Phi) is 4.84. The molecule has 0 radical (unpaired) electrons. The molecule has 2 aliphatic heterocycles. The lowest BCUT2D eigenvalue weighted by atomic mass is 9.94. The maximum Gasteiger partial charge on any atom is 0.260 e. The van der Waals surface area contributed by atoms with E-state index in [4.69, 9.17) is 19.9 Å². The fraction of sp³-hybridized carbons (Fsp3) is 0.391. The third-order valence-corrected chi connectivity index (χ3v) is 5.95. The largest absolute Gasteiger partial charge is 0.477 e. The molecule has 0 unspecified atom stereocenters. The maximum absolute atomic E-state index is 12.8. The van der Waals surface area contributed by atoms with Crippen LogP contribution in [0, 0.1) is 0 Å². The number of ether oxygens (including phenoxy) is 3. The first-order valence-electron chi connectivity index (χ1n) is 10.6. The summed E-state index contributed by atoms with van der Waals surface area (Å²) in [5, 5.41) is 2.91. The predicted octanol–water partition coefficient (Wildman–Crippen LogP) is 2.81. The Hall–Kier alpha value is -3.42. The van der Waals surface area contributed by atoms with Gasteiger partial charge < -0.3 is 30.2 Å². The van der Waals surface area contributed by atoms with Crippen molar-refractivity contribution in [2.75, 3.05) is 23.3 Å². The zero-order valence-electron chi connectivity index (χ0n) is 17.1. The normalized spacial score (nSPS) is 20.6. The lowest BCUT2D eigenvalue weighted by Crippen LogP contribution is -2.49.